The molecular weight excluding hydrogens is 386 g/mol. The number of thiophene rings is 1. The lowest BCUT2D eigenvalue weighted by atomic mass is 10.3. The molecule has 3 aromatic rings. The summed E-state index contributed by atoms with van der Waals surface area (Å²) in [7, 11) is 1.60. The summed E-state index contributed by atoms with van der Waals surface area (Å²) in [5.41, 5.74) is 0.935. The summed E-state index contributed by atoms with van der Waals surface area (Å²) in [6.07, 6.45) is 4.57. The molecule has 0 aliphatic rings. The Morgan fingerprint density at radius 1 is 1.37 bits per heavy atom. The normalized spacial score (nSPS) is 12.0. The molecule has 0 N–H and O–H groups in total. The fourth-order valence-electron chi connectivity index (χ4n) is 2.39. The number of thiazole rings is 1. The summed E-state index contributed by atoms with van der Waals surface area (Å²) in [5, 5.41) is 10.7. The molecule has 9 heteroatoms. The highest BCUT2D eigenvalue weighted by molar-refractivity contribution is 7.16. The van der Waals surface area contributed by atoms with Gasteiger partial charge in [-0.3, -0.25) is 14.9 Å². The second-order valence-corrected chi connectivity index (χ2v) is 7.44. The molecule has 0 aliphatic heterocycles. The third-order valence-corrected chi connectivity index (χ3v) is 5.63. The molecule has 3 rings (SSSR count). The minimum atomic E-state index is -0.460. The van der Waals surface area contributed by atoms with E-state index in [0.29, 0.717) is 16.2 Å². The zero-order chi connectivity index (χ0) is 19.4. The van der Waals surface area contributed by atoms with Gasteiger partial charge in [-0.25, -0.2) is 0 Å². The highest BCUT2D eigenvalue weighted by Gasteiger charge is 2.09. The SMILES string of the molecule is C=CCn1c(=NC(=O)C=Cc2ccc([N+](=O)[O-])s2)sc2cc(OC)ccc21. The van der Waals surface area contributed by atoms with Crippen molar-refractivity contribution in [3.63, 3.8) is 0 Å². The highest BCUT2D eigenvalue weighted by atomic mass is 32.1. The number of hydrogen-bond donors (Lipinski definition) is 0. The maximum Gasteiger partial charge on any atom is 0.324 e. The fraction of sp³-hybridized carbons (Fsp3) is 0.111. The third-order valence-electron chi connectivity index (χ3n) is 3.59. The van der Waals surface area contributed by atoms with E-state index in [2.05, 4.69) is 11.6 Å². The Balaban J connectivity index is 1.94. The number of methoxy groups -OCH3 is 1. The summed E-state index contributed by atoms with van der Waals surface area (Å²) in [6.45, 7) is 4.27. The van der Waals surface area contributed by atoms with Crippen LogP contribution in [0.1, 0.15) is 4.88 Å². The third kappa shape index (κ3) is 4.21. The summed E-state index contributed by atoms with van der Waals surface area (Å²) in [4.78, 5) is 27.8. The highest BCUT2D eigenvalue weighted by Crippen LogP contribution is 2.25. The average Bonchev–Trinajstić information content (AvgIpc) is 3.25. The first-order valence-electron chi connectivity index (χ1n) is 7.81. The molecule has 1 amide bonds. The molecule has 27 heavy (non-hydrogen) atoms. The van der Waals surface area contributed by atoms with Crippen molar-refractivity contribution in [2.75, 3.05) is 7.11 Å². The van der Waals surface area contributed by atoms with Crippen LogP contribution in [0.3, 0.4) is 0 Å². The zero-order valence-corrected chi connectivity index (χ0v) is 16.0. The Morgan fingerprint density at radius 3 is 2.85 bits per heavy atom. The van der Waals surface area contributed by atoms with Crippen LogP contribution in [0.5, 0.6) is 5.75 Å². The van der Waals surface area contributed by atoms with Crippen molar-refractivity contribution in [2.24, 2.45) is 4.99 Å². The van der Waals surface area contributed by atoms with Crippen LogP contribution in [0.4, 0.5) is 5.00 Å². The summed E-state index contributed by atoms with van der Waals surface area (Å²) < 4.78 is 8.08. The second kappa shape index (κ2) is 8.11. The maximum absolute atomic E-state index is 12.2. The zero-order valence-electron chi connectivity index (χ0n) is 14.3. The number of ether oxygens (including phenoxy) is 1. The van der Waals surface area contributed by atoms with E-state index in [1.165, 1.54) is 29.6 Å². The first kappa shape index (κ1) is 18.7. The molecule has 138 valence electrons. The number of aromatic nitrogens is 1. The van der Waals surface area contributed by atoms with Crippen LogP contribution in [-0.2, 0) is 11.3 Å². The Bertz CT molecular complexity index is 1120. The first-order valence-corrected chi connectivity index (χ1v) is 9.44. The topological polar surface area (TPSA) is 86.7 Å². The molecule has 0 unspecified atom stereocenters. The van der Waals surface area contributed by atoms with Gasteiger partial charge in [0.2, 0.25) is 0 Å². The van der Waals surface area contributed by atoms with E-state index in [0.717, 1.165) is 27.3 Å². The summed E-state index contributed by atoms with van der Waals surface area (Å²) in [6, 6.07) is 8.66. The number of carbonyl (C=O) groups excluding carboxylic acids is 1. The van der Waals surface area contributed by atoms with E-state index >= 15 is 0 Å². The molecule has 0 aliphatic carbocycles. The maximum atomic E-state index is 12.2. The monoisotopic (exact) mass is 401 g/mol. The second-order valence-electron chi connectivity index (χ2n) is 5.33. The van der Waals surface area contributed by atoms with E-state index in [-0.39, 0.29) is 5.00 Å². The number of nitro groups is 1. The fourth-order valence-corrected chi connectivity index (χ4v) is 4.18. The van der Waals surface area contributed by atoms with Crippen molar-refractivity contribution in [3.05, 3.63) is 68.9 Å². The molecule has 0 spiro atoms. The van der Waals surface area contributed by atoms with Gasteiger partial charge in [0, 0.05) is 23.6 Å². The van der Waals surface area contributed by atoms with Gasteiger partial charge in [0.1, 0.15) is 5.75 Å². The van der Waals surface area contributed by atoms with E-state index in [9.17, 15) is 14.9 Å². The van der Waals surface area contributed by atoms with Crippen LogP contribution in [0.15, 0.2) is 54.1 Å². The lowest BCUT2D eigenvalue weighted by Gasteiger charge is -2.02. The van der Waals surface area contributed by atoms with Gasteiger partial charge in [-0.1, -0.05) is 28.7 Å². The van der Waals surface area contributed by atoms with Gasteiger partial charge in [0.25, 0.3) is 5.91 Å². The molecule has 0 saturated heterocycles. The van der Waals surface area contributed by atoms with Gasteiger partial charge in [0.05, 0.1) is 22.2 Å². The molecule has 0 fully saturated rings. The number of allylic oxidation sites excluding steroid dienone is 1. The van der Waals surface area contributed by atoms with Crippen molar-refractivity contribution < 1.29 is 14.5 Å². The van der Waals surface area contributed by atoms with Crippen LogP contribution in [0.2, 0.25) is 0 Å². The molecule has 0 atom stereocenters. The number of fused-ring (bicyclic) bond motifs is 1. The minimum absolute atomic E-state index is 0.0290. The lowest BCUT2D eigenvalue weighted by molar-refractivity contribution is -0.380. The Labute approximate surface area is 162 Å². The van der Waals surface area contributed by atoms with Gasteiger partial charge in [-0.05, 0) is 30.3 Å². The molecule has 0 saturated carbocycles. The van der Waals surface area contributed by atoms with Crippen molar-refractivity contribution in [2.45, 2.75) is 6.54 Å². The quantitative estimate of drug-likeness (QED) is 0.270. The van der Waals surface area contributed by atoms with E-state index in [1.54, 1.807) is 19.3 Å². The summed E-state index contributed by atoms with van der Waals surface area (Å²) >= 11 is 2.38. The number of benzene rings is 1. The number of hydrogen-bond acceptors (Lipinski definition) is 6. The van der Waals surface area contributed by atoms with E-state index in [1.807, 2.05) is 22.8 Å². The summed E-state index contributed by atoms with van der Waals surface area (Å²) in [5.74, 6) is 0.286. The molecule has 2 heterocycles. The Kier molecular flexibility index (Phi) is 5.63. The van der Waals surface area contributed by atoms with Crippen LogP contribution in [0.25, 0.3) is 16.3 Å². The predicted octanol–water partition coefficient (Wildman–Crippen LogP) is 4.01. The molecule has 2 aromatic heterocycles. The van der Waals surface area contributed by atoms with Gasteiger partial charge >= 0.3 is 5.00 Å². The number of amides is 1. The molecule has 0 bridgehead atoms. The Morgan fingerprint density at radius 2 is 2.19 bits per heavy atom. The van der Waals surface area contributed by atoms with Gasteiger partial charge < -0.3 is 9.30 Å². The predicted molar refractivity (Wildman–Crippen MR) is 107 cm³/mol. The van der Waals surface area contributed by atoms with Crippen molar-refractivity contribution >= 4 is 49.9 Å². The van der Waals surface area contributed by atoms with E-state index < -0.39 is 10.8 Å². The van der Waals surface area contributed by atoms with Crippen molar-refractivity contribution in [1.29, 1.82) is 0 Å². The van der Waals surface area contributed by atoms with Crippen LogP contribution in [0, 0.1) is 10.1 Å². The minimum Gasteiger partial charge on any atom is -0.497 e. The lowest BCUT2D eigenvalue weighted by Crippen LogP contribution is -2.15. The van der Waals surface area contributed by atoms with Gasteiger partial charge in [-0.2, -0.15) is 4.99 Å². The van der Waals surface area contributed by atoms with Crippen LogP contribution >= 0.6 is 22.7 Å². The van der Waals surface area contributed by atoms with Gasteiger partial charge in [0.15, 0.2) is 4.80 Å². The van der Waals surface area contributed by atoms with Crippen LogP contribution < -0.4 is 9.54 Å². The van der Waals surface area contributed by atoms with Gasteiger partial charge in [-0.15, -0.1) is 6.58 Å². The molecule has 1 aromatic carbocycles. The van der Waals surface area contributed by atoms with E-state index in [4.69, 9.17) is 4.74 Å². The first-order chi connectivity index (χ1) is 13.0. The average molecular weight is 401 g/mol. The number of nitrogens with zero attached hydrogens (tertiary/aromatic N) is 3. The number of rotatable bonds is 6. The molecular formula is C18H15N3O4S2. The van der Waals surface area contributed by atoms with Crippen molar-refractivity contribution in [3.8, 4) is 5.75 Å². The molecule has 7 nitrogen and oxygen atoms in total. The standard InChI is InChI=1S/C18H15N3O4S2/c1-3-10-20-14-7-4-12(25-2)11-15(14)27-18(20)19-16(22)8-5-13-6-9-17(26-13)21(23)24/h3-9,11H,1,10H2,2H3. The van der Waals surface area contributed by atoms with Crippen molar-refractivity contribution in [1.82, 2.24) is 4.57 Å². The smallest absolute Gasteiger partial charge is 0.324 e. The largest absolute Gasteiger partial charge is 0.497 e. The van der Waals surface area contributed by atoms with Crippen LogP contribution in [-0.4, -0.2) is 22.5 Å². The Hall–Kier alpha value is -3.04. The number of carbonyl (C=O) groups is 1. The molecule has 0 radical (unpaired) electrons.